The zero-order chi connectivity index (χ0) is 12.1. The van der Waals surface area contributed by atoms with E-state index >= 15 is 0 Å². The Kier molecular flexibility index (Phi) is 4.51. The van der Waals surface area contributed by atoms with Crippen molar-refractivity contribution >= 4 is 33.4 Å². The van der Waals surface area contributed by atoms with Gasteiger partial charge >= 0.3 is 0 Å². The van der Waals surface area contributed by atoms with Gasteiger partial charge in [-0.25, -0.2) is 0 Å². The van der Waals surface area contributed by atoms with Crippen LogP contribution in [0.5, 0.6) is 0 Å². The molecule has 0 radical (unpaired) electrons. The molecule has 88 valence electrons. The summed E-state index contributed by atoms with van der Waals surface area (Å²) in [5, 5.41) is 0. The fraction of sp³-hybridized carbons (Fsp3) is 0.143. The predicted octanol–water partition coefficient (Wildman–Crippen LogP) is 4.46. The summed E-state index contributed by atoms with van der Waals surface area (Å²) in [6, 6.07) is 16.6. The van der Waals surface area contributed by atoms with E-state index in [1.807, 2.05) is 30.0 Å². The molecule has 3 heteroatoms. The van der Waals surface area contributed by atoms with Crippen LogP contribution in [-0.4, -0.2) is 0 Å². The van der Waals surface area contributed by atoms with Crippen LogP contribution in [0.3, 0.4) is 0 Å². The van der Waals surface area contributed by atoms with Gasteiger partial charge in [0.2, 0.25) is 0 Å². The number of hydrogen-bond acceptors (Lipinski definition) is 2. The molecule has 0 aliphatic carbocycles. The standard InChI is InChI=1S/C14H14BrNS/c15-13-6-12(7-14(16)8-13)10-17-9-11-4-2-1-3-5-11/h1-8H,9-10,16H2. The fourth-order valence-corrected chi connectivity index (χ4v) is 3.11. The molecule has 2 aromatic rings. The van der Waals surface area contributed by atoms with Crippen molar-refractivity contribution in [2.75, 3.05) is 5.73 Å². The van der Waals surface area contributed by atoms with Gasteiger partial charge in [0.15, 0.2) is 0 Å². The number of nitrogen functional groups attached to an aromatic ring is 1. The molecule has 2 N–H and O–H groups in total. The molecule has 0 saturated carbocycles. The van der Waals surface area contributed by atoms with Gasteiger partial charge < -0.3 is 5.73 Å². The van der Waals surface area contributed by atoms with Gasteiger partial charge in [0, 0.05) is 21.7 Å². The second-order valence-electron chi connectivity index (χ2n) is 3.87. The molecule has 0 atom stereocenters. The summed E-state index contributed by atoms with van der Waals surface area (Å²) in [7, 11) is 0. The topological polar surface area (TPSA) is 26.0 Å². The van der Waals surface area contributed by atoms with E-state index in [0.717, 1.165) is 21.7 Å². The summed E-state index contributed by atoms with van der Waals surface area (Å²) in [5.41, 5.74) is 9.24. The molecule has 2 rings (SSSR count). The molecule has 17 heavy (non-hydrogen) atoms. The van der Waals surface area contributed by atoms with Crippen LogP contribution in [0, 0.1) is 0 Å². The normalized spacial score (nSPS) is 10.4. The molecule has 0 amide bonds. The van der Waals surface area contributed by atoms with Gasteiger partial charge in [-0.2, -0.15) is 11.8 Å². The van der Waals surface area contributed by atoms with Crippen LogP contribution in [0.1, 0.15) is 11.1 Å². The van der Waals surface area contributed by atoms with E-state index in [0.29, 0.717) is 0 Å². The van der Waals surface area contributed by atoms with Crippen molar-refractivity contribution in [1.29, 1.82) is 0 Å². The highest BCUT2D eigenvalue weighted by molar-refractivity contribution is 9.10. The van der Waals surface area contributed by atoms with Gasteiger partial charge in [-0.05, 0) is 29.3 Å². The quantitative estimate of drug-likeness (QED) is 0.844. The number of rotatable bonds is 4. The van der Waals surface area contributed by atoms with Gasteiger partial charge in [-0.15, -0.1) is 0 Å². The van der Waals surface area contributed by atoms with E-state index in [1.54, 1.807) is 0 Å². The smallest absolute Gasteiger partial charge is 0.0328 e. The molecule has 0 fully saturated rings. The minimum Gasteiger partial charge on any atom is -0.399 e. The van der Waals surface area contributed by atoms with Gasteiger partial charge in [-0.1, -0.05) is 46.3 Å². The summed E-state index contributed by atoms with van der Waals surface area (Å²) >= 11 is 5.36. The summed E-state index contributed by atoms with van der Waals surface area (Å²) in [4.78, 5) is 0. The van der Waals surface area contributed by atoms with Crippen LogP contribution in [0.2, 0.25) is 0 Å². The van der Waals surface area contributed by atoms with Crippen molar-refractivity contribution in [3.63, 3.8) is 0 Å². The van der Waals surface area contributed by atoms with Crippen molar-refractivity contribution in [1.82, 2.24) is 0 Å². The summed E-state index contributed by atoms with van der Waals surface area (Å²) in [5.74, 6) is 2.02. The van der Waals surface area contributed by atoms with Gasteiger partial charge in [0.25, 0.3) is 0 Å². The molecular formula is C14H14BrNS. The molecule has 0 spiro atoms. The average molecular weight is 308 g/mol. The Hall–Kier alpha value is -0.930. The van der Waals surface area contributed by atoms with Crippen molar-refractivity contribution in [2.45, 2.75) is 11.5 Å². The van der Waals surface area contributed by atoms with E-state index in [1.165, 1.54) is 11.1 Å². The van der Waals surface area contributed by atoms with E-state index in [-0.39, 0.29) is 0 Å². The molecule has 2 aromatic carbocycles. The number of benzene rings is 2. The number of halogens is 1. The van der Waals surface area contributed by atoms with Crippen LogP contribution in [0.25, 0.3) is 0 Å². The Balaban J connectivity index is 1.90. The maximum Gasteiger partial charge on any atom is 0.0328 e. The summed E-state index contributed by atoms with van der Waals surface area (Å²) in [6.07, 6.45) is 0. The van der Waals surface area contributed by atoms with Crippen molar-refractivity contribution in [2.24, 2.45) is 0 Å². The van der Waals surface area contributed by atoms with Crippen molar-refractivity contribution in [3.8, 4) is 0 Å². The molecule has 0 aliphatic heterocycles. The summed E-state index contributed by atoms with van der Waals surface area (Å²) in [6.45, 7) is 0. The third-order valence-electron chi connectivity index (χ3n) is 2.36. The maximum absolute atomic E-state index is 5.80. The molecule has 0 saturated heterocycles. The average Bonchev–Trinajstić information content (AvgIpc) is 2.29. The molecule has 0 heterocycles. The molecule has 0 bridgehead atoms. The maximum atomic E-state index is 5.80. The number of thioether (sulfide) groups is 1. The first-order valence-corrected chi connectivity index (χ1v) is 7.35. The first-order valence-electron chi connectivity index (χ1n) is 5.40. The lowest BCUT2D eigenvalue weighted by Crippen LogP contribution is -1.88. The lowest BCUT2D eigenvalue weighted by Gasteiger charge is -2.04. The highest BCUT2D eigenvalue weighted by atomic mass is 79.9. The number of anilines is 1. The number of hydrogen-bond donors (Lipinski definition) is 1. The fourth-order valence-electron chi connectivity index (χ4n) is 1.62. The van der Waals surface area contributed by atoms with Crippen molar-refractivity contribution in [3.05, 3.63) is 64.1 Å². The Bertz CT molecular complexity index is 465. The lowest BCUT2D eigenvalue weighted by molar-refractivity contribution is 1.36. The summed E-state index contributed by atoms with van der Waals surface area (Å²) < 4.78 is 1.05. The third-order valence-corrected chi connectivity index (χ3v) is 3.89. The lowest BCUT2D eigenvalue weighted by atomic mass is 10.2. The van der Waals surface area contributed by atoms with E-state index in [4.69, 9.17) is 5.73 Å². The molecule has 1 nitrogen and oxygen atoms in total. The zero-order valence-electron chi connectivity index (χ0n) is 9.40. The minimum atomic E-state index is 0.815. The molecule has 0 unspecified atom stereocenters. The van der Waals surface area contributed by atoms with Crippen LogP contribution < -0.4 is 5.73 Å². The first-order chi connectivity index (χ1) is 8.24. The van der Waals surface area contributed by atoms with E-state index in [2.05, 4.69) is 46.3 Å². The van der Waals surface area contributed by atoms with Crippen LogP contribution in [-0.2, 0) is 11.5 Å². The van der Waals surface area contributed by atoms with Gasteiger partial charge in [-0.3, -0.25) is 0 Å². The second-order valence-corrected chi connectivity index (χ2v) is 5.77. The Morgan fingerprint density at radius 1 is 0.941 bits per heavy atom. The molecule has 0 aliphatic rings. The van der Waals surface area contributed by atoms with Crippen LogP contribution in [0.15, 0.2) is 53.0 Å². The first kappa shape index (κ1) is 12.5. The van der Waals surface area contributed by atoms with E-state index < -0.39 is 0 Å². The molecule has 0 aromatic heterocycles. The van der Waals surface area contributed by atoms with Crippen LogP contribution >= 0.6 is 27.7 Å². The van der Waals surface area contributed by atoms with E-state index in [9.17, 15) is 0 Å². The Morgan fingerprint density at radius 3 is 2.35 bits per heavy atom. The highest BCUT2D eigenvalue weighted by Gasteiger charge is 1.98. The van der Waals surface area contributed by atoms with Gasteiger partial charge in [0.1, 0.15) is 0 Å². The predicted molar refractivity (Wildman–Crippen MR) is 80.0 cm³/mol. The van der Waals surface area contributed by atoms with Crippen LogP contribution in [0.4, 0.5) is 5.69 Å². The SMILES string of the molecule is Nc1cc(Br)cc(CSCc2ccccc2)c1. The second kappa shape index (κ2) is 6.12. The van der Waals surface area contributed by atoms with Gasteiger partial charge in [0.05, 0.1) is 0 Å². The highest BCUT2D eigenvalue weighted by Crippen LogP contribution is 2.22. The number of nitrogens with two attached hydrogens (primary N) is 1. The largest absolute Gasteiger partial charge is 0.399 e. The Morgan fingerprint density at radius 2 is 1.65 bits per heavy atom. The third kappa shape index (κ3) is 4.10. The zero-order valence-corrected chi connectivity index (χ0v) is 11.8. The minimum absolute atomic E-state index is 0.815. The van der Waals surface area contributed by atoms with Crippen molar-refractivity contribution < 1.29 is 0 Å². The monoisotopic (exact) mass is 307 g/mol. The molecular weight excluding hydrogens is 294 g/mol. The Labute approximate surface area is 115 Å².